The maximum atomic E-state index is 11.1. The number of cyclic esters (lactones) is 2. The molecule has 0 unspecified atom stereocenters. The Morgan fingerprint density at radius 1 is 0.867 bits per heavy atom. The van der Waals surface area contributed by atoms with Crippen LogP contribution in [0.15, 0.2) is 12.2 Å². The first-order valence-corrected chi connectivity index (χ1v) is 5.67. The van der Waals surface area contributed by atoms with Crippen LogP contribution in [0, 0.1) is 0 Å². The fourth-order valence-corrected chi connectivity index (χ4v) is 1.58. The molecule has 0 atom stereocenters. The van der Waals surface area contributed by atoms with Crippen molar-refractivity contribution in [2.45, 2.75) is 51.4 Å². The Bertz CT molecular complexity index is 243. The summed E-state index contributed by atoms with van der Waals surface area (Å²) in [6.45, 7) is 0. The lowest BCUT2D eigenvalue weighted by Crippen LogP contribution is -2.10. The number of hydrogen-bond acceptors (Lipinski definition) is 3. The summed E-state index contributed by atoms with van der Waals surface area (Å²) in [6.07, 6.45) is 10.8. The van der Waals surface area contributed by atoms with E-state index in [9.17, 15) is 9.59 Å². The zero-order valence-corrected chi connectivity index (χ0v) is 9.04. The second kappa shape index (κ2) is 7.21. The molecule has 0 aliphatic carbocycles. The summed E-state index contributed by atoms with van der Waals surface area (Å²) >= 11 is 0. The molecule has 1 aliphatic heterocycles. The molecule has 0 fully saturated rings. The van der Waals surface area contributed by atoms with Crippen molar-refractivity contribution in [2.75, 3.05) is 0 Å². The van der Waals surface area contributed by atoms with Gasteiger partial charge in [-0.2, -0.15) is 0 Å². The summed E-state index contributed by atoms with van der Waals surface area (Å²) in [5.74, 6) is -0.817. The molecule has 3 heteroatoms. The molecule has 0 radical (unpaired) electrons. The summed E-state index contributed by atoms with van der Waals surface area (Å²) in [4.78, 5) is 22.2. The molecule has 1 rings (SSSR count). The van der Waals surface area contributed by atoms with E-state index in [1.807, 2.05) is 6.08 Å². The maximum Gasteiger partial charge on any atom is 0.317 e. The third kappa shape index (κ3) is 6.05. The van der Waals surface area contributed by atoms with Crippen LogP contribution in [-0.2, 0) is 14.3 Å². The third-order valence-corrected chi connectivity index (χ3v) is 2.43. The number of ether oxygens (including phenoxy) is 1. The first kappa shape index (κ1) is 12.0. The first-order valence-electron chi connectivity index (χ1n) is 5.67. The molecular formula is C12H18O3. The van der Waals surface area contributed by atoms with Gasteiger partial charge in [0.25, 0.3) is 0 Å². The van der Waals surface area contributed by atoms with E-state index in [1.54, 1.807) is 6.08 Å². The lowest BCUT2D eigenvalue weighted by atomic mass is 10.1. The van der Waals surface area contributed by atoms with Crippen LogP contribution < -0.4 is 0 Å². The fraction of sp³-hybridized carbons (Fsp3) is 0.667. The van der Waals surface area contributed by atoms with Gasteiger partial charge in [-0.05, 0) is 19.3 Å². The summed E-state index contributed by atoms with van der Waals surface area (Å²) in [7, 11) is 0. The number of esters is 2. The van der Waals surface area contributed by atoms with E-state index in [0.717, 1.165) is 25.7 Å². The van der Waals surface area contributed by atoms with Gasteiger partial charge in [0.2, 0.25) is 0 Å². The van der Waals surface area contributed by atoms with Crippen molar-refractivity contribution in [2.24, 2.45) is 0 Å². The highest BCUT2D eigenvalue weighted by molar-refractivity contribution is 5.86. The quantitative estimate of drug-likeness (QED) is 0.351. The highest BCUT2D eigenvalue weighted by Gasteiger charge is 2.08. The van der Waals surface area contributed by atoms with E-state index in [-0.39, 0.29) is 12.4 Å². The normalized spacial score (nSPS) is 23.2. The van der Waals surface area contributed by atoms with Crippen LogP contribution in [0.5, 0.6) is 0 Å². The van der Waals surface area contributed by atoms with Crippen LogP contribution in [0.4, 0.5) is 0 Å². The minimum absolute atomic E-state index is 0.214. The molecule has 0 N–H and O–H groups in total. The predicted molar refractivity (Wildman–Crippen MR) is 57.2 cm³/mol. The Morgan fingerprint density at radius 2 is 1.60 bits per heavy atom. The highest BCUT2D eigenvalue weighted by atomic mass is 16.6. The molecule has 0 bridgehead atoms. The topological polar surface area (TPSA) is 43.4 Å². The molecule has 84 valence electrons. The number of allylic oxidation sites excluding steroid dienone is 1. The molecule has 1 aliphatic rings. The van der Waals surface area contributed by atoms with Crippen LogP contribution in [0.1, 0.15) is 51.4 Å². The van der Waals surface area contributed by atoms with Crippen molar-refractivity contribution in [3.63, 3.8) is 0 Å². The smallest absolute Gasteiger partial charge is 0.317 e. The number of rotatable bonds is 0. The molecule has 0 aromatic rings. The zero-order valence-electron chi connectivity index (χ0n) is 9.04. The van der Waals surface area contributed by atoms with Gasteiger partial charge in [-0.15, -0.1) is 0 Å². The average molecular weight is 210 g/mol. The SMILES string of the molecule is O=C1C/C=C/CCCCCCCC(=O)O1. The van der Waals surface area contributed by atoms with Gasteiger partial charge in [0.05, 0.1) is 6.42 Å². The van der Waals surface area contributed by atoms with Crippen LogP contribution in [-0.4, -0.2) is 11.9 Å². The Kier molecular flexibility index (Phi) is 5.74. The van der Waals surface area contributed by atoms with Gasteiger partial charge in [-0.3, -0.25) is 9.59 Å². The van der Waals surface area contributed by atoms with Crippen LogP contribution >= 0.6 is 0 Å². The van der Waals surface area contributed by atoms with Gasteiger partial charge in [0.15, 0.2) is 0 Å². The minimum Gasteiger partial charge on any atom is -0.393 e. The number of hydrogen-bond donors (Lipinski definition) is 0. The lowest BCUT2D eigenvalue weighted by Gasteiger charge is -2.00. The molecule has 0 saturated heterocycles. The molecule has 0 amide bonds. The Morgan fingerprint density at radius 3 is 2.47 bits per heavy atom. The van der Waals surface area contributed by atoms with E-state index in [4.69, 9.17) is 0 Å². The fourth-order valence-electron chi connectivity index (χ4n) is 1.58. The highest BCUT2D eigenvalue weighted by Crippen LogP contribution is 2.09. The van der Waals surface area contributed by atoms with Crippen molar-refractivity contribution < 1.29 is 14.3 Å². The maximum absolute atomic E-state index is 11.1. The van der Waals surface area contributed by atoms with Gasteiger partial charge in [0, 0.05) is 6.42 Å². The second-order valence-corrected chi connectivity index (χ2v) is 3.83. The minimum atomic E-state index is -0.435. The van der Waals surface area contributed by atoms with Gasteiger partial charge in [-0.25, -0.2) is 0 Å². The van der Waals surface area contributed by atoms with Crippen molar-refractivity contribution >= 4 is 11.9 Å². The van der Waals surface area contributed by atoms with Crippen molar-refractivity contribution in [3.05, 3.63) is 12.2 Å². The third-order valence-electron chi connectivity index (χ3n) is 2.43. The summed E-state index contributed by atoms with van der Waals surface area (Å²) in [5.41, 5.74) is 0. The Labute approximate surface area is 90.5 Å². The van der Waals surface area contributed by atoms with E-state index < -0.39 is 5.97 Å². The predicted octanol–water partition coefficient (Wildman–Crippen LogP) is 2.75. The van der Waals surface area contributed by atoms with Crippen molar-refractivity contribution in [1.82, 2.24) is 0 Å². The molecule has 15 heavy (non-hydrogen) atoms. The molecule has 0 aromatic heterocycles. The van der Waals surface area contributed by atoms with E-state index >= 15 is 0 Å². The Balaban J connectivity index is 2.38. The summed E-state index contributed by atoms with van der Waals surface area (Å²) < 4.78 is 4.63. The van der Waals surface area contributed by atoms with E-state index in [2.05, 4.69) is 4.74 Å². The number of carbonyl (C=O) groups is 2. The van der Waals surface area contributed by atoms with Crippen LogP contribution in [0.2, 0.25) is 0 Å². The second-order valence-electron chi connectivity index (χ2n) is 3.83. The first-order chi connectivity index (χ1) is 7.29. The summed E-state index contributed by atoms with van der Waals surface area (Å²) in [5, 5.41) is 0. The molecule has 0 spiro atoms. The average Bonchev–Trinajstić information content (AvgIpc) is 2.21. The van der Waals surface area contributed by atoms with Crippen LogP contribution in [0.25, 0.3) is 0 Å². The molecule has 1 heterocycles. The molecule has 3 nitrogen and oxygen atoms in total. The van der Waals surface area contributed by atoms with Gasteiger partial charge in [-0.1, -0.05) is 31.4 Å². The largest absolute Gasteiger partial charge is 0.393 e. The molecule has 0 saturated carbocycles. The van der Waals surface area contributed by atoms with Crippen molar-refractivity contribution in [1.29, 1.82) is 0 Å². The van der Waals surface area contributed by atoms with Gasteiger partial charge < -0.3 is 4.74 Å². The standard InChI is InChI=1S/C12H18O3/c13-11-9-7-5-3-1-2-4-6-8-10-12(14)15-11/h5,7H,1-4,6,8-10H2/b7-5+. The zero-order chi connectivity index (χ0) is 10.9. The molecular weight excluding hydrogens is 192 g/mol. The van der Waals surface area contributed by atoms with Crippen molar-refractivity contribution in [3.8, 4) is 0 Å². The van der Waals surface area contributed by atoms with Crippen LogP contribution in [0.3, 0.4) is 0 Å². The molecule has 0 aromatic carbocycles. The van der Waals surface area contributed by atoms with Gasteiger partial charge in [0.1, 0.15) is 0 Å². The number of carbonyl (C=O) groups excluding carboxylic acids is 2. The summed E-state index contributed by atoms with van der Waals surface area (Å²) in [6, 6.07) is 0. The monoisotopic (exact) mass is 210 g/mol. The van der Waals surface area contributed by atoms with E-state index in [0.29, 0.717) is 6.42 Å². The Hall–Kier alpha value is -1.12. The lowest BCUT2D eigenvalue weighted by molar-refractivity contribution is -0.159. The van der Waals surface area contributed by atoms with E-state index in [1.165, 1.54) is 12.8 Å². The van der Waals surface area contributed by atoms with Gasteiger partial charge >= 0.3 is 11.9 Å².